The number of likely N-dealkylation sites (N-methyl/N-ethyl adjacent to an activating group) is 2. The number of benzene rings is 1. The Kier molecular flexibility index (Phi) is 7.59. The highest BCUT2D eigenvalue weighted by atomic mass is 16.1. The molecule has 3 heterocycles. The SMILES string of the molecule is CNCCN(C=O)C1CCCN(c2cnc(C(N)=O)c(Nc3ccc4c(c3)CCN(C)C4)n2)C1. The Morgan fingerprint density at radius 1 is 1.32 bits per heavy atom. The van der Waals surface area contributed by atoms with Gasteiger partial charge in [0.2, 0.25) is 6.41 Å². The standard InChI is InChI=1S/C24H34N8O2/c1-26-8-11-32(16-33)20-4-3-9-31(15-20)21-13-27-22(23(25)34)24(29-21)28-19-6-5-18-14-30(2)10-7-17(18)12-19/h5-6,12-13,16,20,26H,3-4,7-11,14-15H2,1-2H3,(H2,25,34)(H,28,29). The molecular formula is C24H34N8O2. The number of aromatic nitrogens is 2. The molecule has 1 fully saturated rings. The van der Waals surface area contributed by atoms with Crippen molar-refractivity contribution in [1.82, 2.24) is 25.1 Å². The van der Waals surface area contributed by atoms with Gasteiger partial charge in [-0.25, -0.2) is 9.97 Å². The van der Waals surface area contributed by atoms with Gasteiger partial charge in [-0.05, 0) is 56.6 Å². The average Bonchev–Trinajstić information content (AvgIpc) is 2.84. The van der Waals surface area contributed by atoms with E-state index in [1.54, 1.807) is 6.20 Å². The minimum Gasteiger partial charge on any atom is -0.364 e. The van der Waals surface area contributed by atoms with Crippen LogP contribution in [0.25, 0.3) is 0 Å². The molecule has 1 aromatic carbocycles. The van der Waals surface area contributed by atoms with Gasteiger partial charge in [0.05, 0.1) is 6.20 Å². The van der Waals surface area contributed by atoms with Crippen molar-refractivity contribution in [1.29, 1.82) is 0 Å². The number of rotatable bonds is 9. The summed E-state index contributed by atoms with van der Waals surface area (Å²) in [4.78, 5) is 39.0. The fourth-order valence-corrected chi connectivity index (χ4v) is 4.70. The molecule has 0 aliphatic carbocycles. The molecule has 4 N–H and O–H groups in total. The molecular weight excluding hydrogens is 432 g/mol. The molecule has 10 nitrogen and oxygen atoms in total. The van der Waals surface area contributed by atoms with Crippen LogP contribution in [0.15, 0.2) is 24.4 Å². The summed E-state index contributed by atoms with van der Waals surface area (Å²) in [7, 11) is 4.00. The molecule has 182 valence electrons. The zero-order chi connectivity index (χ0) is 24.1. The highest BCUT2D eigenvalue weighted by molar-refractivity contribution is 5.96. The Labute approximate surface area is 200 Å². The van der Waals surface area contributed by atoms with Crippen molar-refractivity contribution >= 4 is 29.6 Å². The van der Waals surface area contributed by atoms with Gasteiger partial charge in [-0.2, -0.15) is 0 Å². The van der Waals surface area contributed by atoms with Crippen LogP contribution in [-0.4, -0.2) is 84.9 Å². The summed E-state index contributed by atoms with van der Waals surface area (Å²) in [6.45, 7) is 4.82. The number of fused-ring (bicyclic) bond motifs is 1. The van der Waals surface area contributed by atoms with Crippen molar-refractivity contribution in [2.24, 2.45) is 5.73 Å². The Morgan fingerprint density at radius 3 is 2.94 bits per heavy atom. The number of primary amides is 1. The summed E-state index contributed by atoms with van der Waals surface area (Å²) in [6.07, 6.45) is 5.38. The molecule has 4 rings (SSSR count). The van der Waals surface area contributed by atoms with Crippen LogP contribution in [0, 0.1) is 0 Å². The van der Waals surface area contributed by atoms with Gasteiger partial charge in [0.25, 0.3) is 5.91 Å². The predicted octanol–water partition coefficient (Wildman–Crippen LogP) is 0.954. The molecule has 2 aromatic rings. The van der Waals surface area contributed by atoms with Crippen LogP contribution in [-0.2, 0) is 17.8 Å². The van der Waals surface area contributed by atoms with E-state index < -0.39 is 5.91 Å². The first-order chi connectivity index (χ1) is 16.5. The fourth-order valence-electron chi connectivity index (χ4n) is 4.70. The summed E-state index contributed by atoms with van der Waals surface area (Å²) in [6, 6.07) is 6.33. The lowest BCUT2D eigenvalue weighted by atomic mass is 9.99. The van der Waals surface area contributed by atoms with Crippen LogP contribution < -0.4 is 21.3 Å². The van der Waals surface area contributed by atoms with Crippen LogP contribution >= 0.6 is 0 Å². The molecule has 1 saturated heterocycles. The molecule has 0 saturated carbocycles. The lowest BCUT2D eigenvalue weighted by Crippen LogP contribution is -2.49. The fraction of sp³-hybridized carbons (Fsp3) is 0.500. The van der Waals surface area contributed by atoms with Crippen LogP contribution in [0.4, 0.5) is 17.3 Å². The van der Waals surface area contributed by atoms with E-state index in [-0.39, 0.29) is 11.7 Å². The van der Waals surface area contributed by atoms with Crippen molar-refractivity contribution in [3.63, 3.8) is 0 Å². The second kappa shape index (κ2) is 10.8. The Bertz CT molecular complexity index is 1030. The monoisotopic (exact) mass is 466 g/mol. The highest BCUT2D eigenvalue weighted by Crippen LogP contribution is 2.27. The normalized spacial score (nSPS) is 18.3. The maximum Gasteiger partial charge on any atom is 0.271 e. The summed E-state index contributed by atoms with van der Waals surface area (Å²) in [5.41, 5.74) is 9.17. The topological polar surface area (TPSA) is 120 Å². The Morgan fingerprint density at radius 2 is 2.18 bits per heavy atom. The zero-order valence-corrected chi connectivity index (χ0v) is 20.0. The molecule has 1 atom stereocenters. The van der Waals surface area contributed by atoms with Gasteiger partial charge in [-0.3, -0.25) is 9.59 Å². The highest BCUT2D eigenvalue weighted by Gasteiger charge is 2.26. The van der Waals surface area contributed by atoms with Crippen LogP contribution in [0.2, 0.25) is 0 Å². The summed E-state index contributed by atoms with van der Waals surface area (Å²) in [5, 5.41) is 6.37. The first-order valence-corrected chi connectivity index (χ1v) is 11.8. The van der Waals surface area contributed by atoms with E-state index in [9.17, 15) is 9.59 Å². The van der Waals surface area contributed by atoms with E-state index in [1.165, 1.54) is 11.1 Å². The Balaban J connectivity index is 1.55. The van der Waals surface area contributed by atoms with Crippen LogP contribution in [0.1, 0.15) is 34.5 Å². The van der Waals surface area contributed by atoms with Crippen molar-refractivity contribution in [2.75, 3.05) is 57.0 Å². The minimum atomic E-state index is -0.628. The largest absolute Gasteiger partial charge is 0.364 e. The predicted molar refractivity (Wildman–Crippen MR) is 132 cm³/mol. The molecule has 10 heteroatoms. The molecule has 0 spiro atoms. The van der Waals surface area contributed by atoms with Crippen LogP contribution in [0.5, 0.6) is 0 Å². The van der Waals surface area contributed by atoms with Gasteiger partial charge >= 0.3 is 0 Å². The summed E-state index contributed by atoms with van der Waals surface area (Å²) >= 11 is 0. The lowest BCUT2D eigenvalue weighted by Gasteiger charge is -2.38. The van der Waals surface area contributed by atoms with E-state index >= 15 is 0 Å². The van der Waals surface area contributed by atoms with E-state index in [0.717, 1.165) is 57.5 Å². The number of hydrogen-bond donors (Lipinski definition) is 3. The van der Waals surface area contributed by atoms with Gasteiger partial charge in [-0.1, -0.05) is 6.07 Å². The molecule has 2 aliphatic rings. The third-order valence-corrected chi connectivity index (χ3v) is 6.61. The van der Waals surface area contributed by atoms with Crippen LogP contribution in [0.3, 0.4) is 0 Å². The number of carbonyl (C=O) groups excluding carboxylic acids is 2. The number of nitrogens with zero attached hydrogens (tertiary/aromatic N) is 5. The van der Waals surface area contributed by atoms with Gasteiger partial charge in [0.15, 0.2) is 11.5 Å². The van der Waals surface area contributed by atoms with Gasteiger partial charge in [0.1, 0.15) is 5.82 Å². The van der Waals surface area contributed by atoms with E-state index in [1.807, 2.05) is 18.0 Å². The molecule has 2 aliphatic heterocycles. The minimum absolute atomic E-state index is 0.104. The van der Waals surface area contributed by atoms with Crippen molar-refractivity contribution in [3.05, 3.63) is 41.2 Å². The maximum absolute atomic E-state index is 12.1. The third-order valence-electron chi connectivity index (χ3n) is 6.61. The second-order valence-electron chi connectivity index (χ2n) is 9.07. The first kappa shape index (κ1) is 23.9. The van der Waals surface area contributed by atoms with E-state index in [2.05, 4.69) is 44.6 Å². The molecule has 34 heavy (non-hydrogen) atoms. The van der Waals surface area contributed by atoms with Gasteiger partial charge in [-0.15, -0.1) is 0 Å². The second-order valence-corrected chi connectivity index (χ2v) is 9.07. The number of amides is 2. The van der Waals surface area contributed by atoms with Crippen molar-refractivity contribution in [2.45, 2.75) is 31.8 Å². The molecule has 0 bridgehead atoms. The quantitative estimate of drug-likeness (QED) is 0.468. The summed E-state index contributed by atoms with van der Waals surface area (Å²) < 4.78 is 0. The molecule has 2 amide bonds. The number of carbonyl (C=O) groups is 2. The van der Waals surface area contributed by atoms with E-state index in [4.69, 9.17) is 10.7 Å². The van der Waals surface area contributed by atoms with Gasteiger partial charge in [0, 0.05) is 51.0 Å². The van der Waals surface area contributed by atoms with E-state index in [0.29, 0.717) is 24.7 Å². The number of hydrogen-bond acceptors (Lipinski definition) is 8. The number of nitrogens with two attached hydrogens (primary N) is 1. The van der Waals surface area contributed by atoms with Crippen molar-refractivity contribution in [3.8, 4) is 0 Å². The summed E-state index contributed by atoms with van der Waals surface area (Å²) in [5.74, 6) is 0.385. The lowest BCUT2D eigenvalue weighted by molar-refractivity contribution is -0.120. The smallest absolute Gasteiger partial charge is 0.271 e. The third kappa shape index (κ3) is 5.45. The number of anilines is 3. The molecule has 1 unspecified atom stereocenters. The zero-order valence-electron chi connectivity index (χ0n) is 20.0. The molecule has 0 radical (unpaired) electrons. The number of piperidine rings is 1. The van der Waals surface area contributed by atoms with Crippen molar-refractivity contribution < 1.29 is 9.59 Å². The maximum atomic E-state index is 12.1. The first-order valence-electron chi connectivity index (χ1n) is 11.8. The van der Waals surface area contributed by atoms with Gasteiger partial charge < -0.3 is 31.1 Å². The number of nitrogens with one attached hydrogen (secondary N) is 2. The Hall–Kier alpha value is -3.24. The molecule has 1 aromatic heterocycles. The average molecular weight is 467 g/mol.